The van der Waals surface area contributed by atoms with Crippen LogP contribution < -0.4 is 0 Å². The average Bonchev–Trinajstić information content (AvgIpc) is 1.96. The van der Waals surface area contributed by atoms with Crippen LogP contribution >= 0.6 is 0 Å². The third kappa shape index (κ3) is 6.38. The number of aliphatic hydroxyl groups excluding tert-OH is 2. The molecule has 74 valence electrons. The molecule has 0 aromatic carbocycles. The largest absolute Gasteiger partial charge is 0.394 e. The summed E-state index contributed by atoms with van der Waals surface area (Å²) in [7, 11) is 0. The Bertz CT molecular complexity index is 111. The van der Waals surface area contributed by atoms with Gasteiger partial charge in [0.15, 0.2) is 0 Å². The number of aliphatic hydroxyl groups is 2. The quantitative estimate of drug-likeness (QED) is 0.652. The lowest BCUT2D eigenvalue weighted by Gasteiger charge is -2.13. The molecule has 2 N–H and O–H groups in total. The Hall–Kier alpha value is -0.330. The Morgan fingerprint density at radius 2 is 1.67 bits per heavy atom. The molecular formula is C6H11F3O3. The number of hydrogen-bond acceptors (Lipinski definition) is 3. The maximum Gasteiger partial charge on any atom is 0.391 e. The zero-order valence-electron chi connectivity index (χ0n) is 6.34. The molecule has 0 amide bonds. The molecule has 0 aliphatic heterocycles. The van der Waals surface area contributed by atoms with E-state index in [0.717, 1.165) is 0 Å². The Morgan fingerprint density at radius 1 is 1.17 bits per heavy atom. The molecule has 0 bridgehead atoms. The van der Waals surface area contributed by atoms with Gasteiger partial charge in [0.25, 0.3) is 0 Å². The Labute approximate surface area is 67.8 Å². The van der Waals surface area contributed by atoms with Crippen LogP contribution in [0.2, 0.25) is 0 Å². The first kappa shape index (κ1) is 11.7. The van der Waals surface area contributed by atoms with Crippen LogP contribution in [-0.4, -0.2) is 42.3 Å². The minimum Gasteiger partial charge on any atom is -0.394 e. The molecule has 6 heteroatoms. The molecule has 0 heterocycles. The average molecular weight is 188 g/mol. The zero-order valence-corrected chi connectivity index (χ0v) is 6.34. The first-order valence-corrected chi connectivity index (χ1v) is 3.39. The lowest BCUT2D eigenvalue weighted by atomic mass is 10.4. The second-order valence-corrected chi connectivity index (χ2v) is 2.22. The van der Waals surface area contributed by atoms with Crippen LogP contribution in [0.15, 0.2) is 0 Å². The first-order valence-electron chi connectivity index (χ1n) is 3.39. The second kappa shape index (κ2) is 5.34. The summed E-state index contributed by atoms with van der Waals surface area (Å²) in [5.74, 6) is 0. The van der Waals surface area contributed by atoms with E-state index in [1.807, 2.05) is 0 Å². The van der Waals surface area contributed by atoms with Crippen LogP contribution in [-0.2, 0) is 4.74 Å². The monoisotopic (exact) mass is 188 g/mol. The van der Waals surface area contributed by atoms with E-state index in [0.29, 0.717) is 0 Å². The highest BCUT2D eigenvalue weighted by atomic mass is 19.4. The fourth-order valence-corrected chi connectivity index (χ4v) is 0.504. The third-order valence-corrected chi connectivity index (χ3v) is 1.15. The molecule has 3 nitrogen and oxygen atoms in total. The molecule has 0 aromatic rings. The normalized spacial score (nSPS) is 12.5. The Balaban J connectivity index is 3.41. The smallest absolute Gasteiger partial charge is 0.391 e. The molecule has 0 radical (unpaired) electrons. The summed E-state index contributed by atoms with van der Waals surface area (Å²) < 4.78 is 39.0. The van der Waals surface area contributed by atoms with Crippen molar-refractivity contribution < 1.29 is 28.1 Å². The fraction of sp³-hybridized carbons (Fsp3) is 1.00. The number of halogens is 3. The lowest BCUT2D eigenvalue weighted by Crippen LogP contribution is -2.24. The SMILES string of the molecule is OCC(CO)OCCC(F)(F)F. The van der Waals surface area contributed by atoms with Gasteiger partial charge in [-0.2, -0.15) is 13.2 Å². The molecule has 0 atom stereocenters. The predicted molar refractivity (Wildman–Crippen MR) is 34.6 cm³/mol. The van der Waals surface area contributed by atoms with Crippen molar-refractivity contribution >= 4 is 0 Å². The fourth-order valence-electron chi connectivity index (χ4n) is 0.504. The van der Waals surface area contributed by atoms with Crippen molar-refractivity contribution in [1.29, 1.82) is 0 Å². The molecule has 0 saturated carbocycles. The summed E-state index contributed by atoms with van der Waals surface area (Å²) in [6.45, 7) is -1.49. The van der Waals surface area contributed by atoms with Gasteiger partial charge in [0.1, 0.15) is 6.10 Å². The van der Waals surface area contributed by atoms with Crippen molar-refractivity contribution in [3.05, 3.63) is 0 Å². The van der Waals surface area contributed by atoms with Gasteiger partial charge in [0.05, 0.1) is 26.2 Å². The second-order valence-electron chi connectivity index (χ2n) is 2.22. The topological polar surface area (TPSA) is 49.7 Å². The van der Waals surface area contributed by atoms with Crippen LogP contribution in [0.5, 0.6) is 0 Å². The van der Waals surface area contributed by atoms with E-state index in [1.165, 1.54) is 0 Å². The van der Waals surface area contributed by atoms with Crippen molar-refractivity contribution in [2.75, 3.05) is 19.8 Å². The van der Waals surface area contributed by atoms with Gasteiger partial charge in [-0.3, -0.25) is 0 Å². The van der Waals surface area contributed by atoms with Crippen LogP contribution in [0, 0.1) is 0 Å². The van der Waals surface area contributed by atoms with Crippen molar-refractivity contribution in [2.45, 2.75) is 18.7 Å². The van der Waals surface area contributed by atoms with Gasteiger partial charge in [-0.05, 0) is 0 Å². The molecule has 0 saturated heterocycles. The molecular weight excluding hydrogens is 177 g/mol. The molecule has 0 fully saturated rings. The Morgan fingerprint density at radius 3 is 2.00 bits per heavy atom. The number of rotatable bonds is 5. The highest BCUT2D eigenvalue weighted by molar-refractivity contribution is 4.54. The van der Waals surface area contributed by atoms with Gasteiger partial charge >= 0.3 is 6.18 Å². The number of alkyl halides is 3. The molecule has 0 spiro atoms. The summed E-state index contributed by atoms with van der Waals surface area (Å²) in [4.78, 5) is 0. The van der Waals surface area contributed by atoms with Gasteiger partial charge in [-0.1, -0.05) is 0 Å². The summed E-state index contributed by atoms with van der Waals surface area (Å²) in [6, 6.07) is 0. The van der Waals surface area contributed by atoms with Gasteiger partial charge in [-0.15, -0.1) is 0 Å². The van der Waals surface area contributed by atoms with E-state index < -0.39 is 38.5 Å². The molecule has 0 aliphatic carbocycles. The van der Waals surface area contributed by atoms with Crippen molar-refractivity contribution in [1.82, 2.24) is 0 Å². The van der Waals surface area contributed by atoms with E-state index >= 15 is 0 Å². The van der Waals surface area contributed by atoms with Crippen molar-refractivity contribution in [3.8, 4) is 0 Å². The molecule has 0 unspecified atom stereocenters. The van der Waals surface area contributed by atoms with Crippen molar-refractivity contribution in [3.63, 3.8) is 0 Å². The third-order valence-electron chi connectivity index (χ3n) is 1.15. The van der Waals surface area contributed by atoms with E-state index in [1.54, 1.807) is 0 Å². The molecule has 0 aliphatic rings. The summed E-state index contributed by atoms with van der Waals surface area (Å²) in [5.41, 5.74) is 0. The maximum atomic E-state index is 11.5. The predicted octanol–water partition coefficient (Wildman–Crippen LogP) is 0.309. The highest BCUT2D eigenvalue weighted by Crippen LogP contribution is 2.19. The van der Waals surface area contributed by atoms with Gasteiger partial charge in [-0.25, -0.2) is 0 Å². The number of ether oxygens (including phenoxy) is 1. The summed E-state index contributed by atoms with van der Waals surface area (Å²) in [6.07, 6.45) is -6.23. The van der Waals surface area contributed by atoms with Crippen LogP contribution in [0.3, 0.4) is 0 Å². The molecule has 0 aromatic heterocycles. The Kier molecular flexibility index (Phi) is 5.19. The van der Waals surface area contributed by atoms with Gasteiger partial charge in [0, 0.05) is 0 Å². The summed E-state index contributed by atoms with van der Waals surface area (Å²) >= 11 is 0. The van der Waals surface area contributed by atoms with Crippen LogP contribution in [0.4, 0.5) is 13.2 Å². The van der Waals surface area contributed by atoms with Crippen molar-refractivity contribution in [2.24, 2.45) is 0 Å². The molecule has 12 heavy (non-hydrogen) atoms. The van der Waals surface area contributed by atoms with Gasteiger partial charge in [0.2, 0.25) is 0 Å². The van der Waals surface area contributed by atoms with E-state index in [-0.39, 0.29) is 0 Å². The minimum absolute atomic E-state index is 0.478. The standard InChI is InChI=1S/C6H11F3O3/c7-6(8,9)1-2-12-5(3-10)4-11/h5,10-11H,1-4H2. The van der Waals surface area contributed by atoms with Crippen LogP contribution in [0.1, 0.15) is 6.42 Å². The summed E-state index contributed by atoms with van der Waals surface area (Å²) in [5, 5.41) is 16.8. The van der Waals surface area contributed by atoms with E-state index in [4.69, 9.17) is 10.2 Å². The molecule has 0 rings (SSSR count). The zero-order chi connectivity index (χ0) is 9.61. The highest BCUT2D eigenvalue weighted by Gasteiger charge is 2.26. The first-order chi connectivity index (χ1) is 5.49. The van der Waals surface area contributed by atoms with Crippen LogP contribution in [0.25, 0.3) is 0 Å². The van der Waals surface area contributed by atoms with Gasteiger partial charge < -0.3 is 14.9 Å². The van der Waals surface area contributed by atoms with E-state index in [9.17, 15) is 13.2 Å². The lowest BCUT2D eigenvalue weighted by molar-refractivity contribution is -0.152. The maximum absolute atomic E-state index is 11.5. The van der Waals surface area contributed by atoms with E-state index in [2.05, 4.69) is 4.74 Å². The minimum atomic E-state index is -4.25. The number of hydrogen-bond donors (Lipinski definition) is 2.